The van der Waals surface area contributed by atoms with Gasteiger partial charge < -0.3 is 25.6 Å². The van der Waals surface area contributed by atoms with Crippen molar-refractivity contribution in [2.45, 2.75) is 0 Å². The number of ether oxygens (including phenoxy) is 2. The van der Waals surface area contributed by atoms with Crippen molar-refractivity contribution in [1.82, 2.24) is 4.98 Å². The van der Waals surface area contributed by atoms with Crippen molar-refractivity contribution in [1.29, 1.82) is 0 Å². The molecule has 2 aromatic carbocycles. The predicted molar refractivity (Wildman–Crippen MR) is 90.6 cm³/mol. The smallest absolute Gasteiger partial charge is 0.160 e. The van der Waals surface area contributed by atoms with Crippen molar-refractivity contribution in [3.63, 3.8) is 0 Å². The van der Waals surface area contributed by atoms with Crippen LogP contribution in [0, 0.1) is 0 Å². The summed E-state index contributed by atoms with van der Waals surface area (Å²) in [6.45, 7) is 0. The number of nitrogen functional groups attached to an aromatic ring is 1. The molecule has 1 aromatic heterocycles. The summed E-state index contributed by atoms with van der Waals surface area (Å²) in [6, 6.07) is 10.5. The lowest BCUT2D eigenvalue weighted by Gasteiger charge is -2.13. The van der Waals surface area contributed by atoms with E-state index in [1.165, 1.54) is 7.11 Å². The maximum Gasteiger partial charge on any atom is 0.160 e. The molecule has 23 heavy (non-hydrogen) atoms. The molecule has 3 rings (SSSR count). The van der Waals surface area contributed by atoms with Gasteiger partial charge in [0.15, 0.2) is 11.5 Å². The summed E-state index contributed by atoms with van der Waals surface area (Å²) in [7, 11) is 3.09. The fraction of sp³-hybridized carbons (Fsp3) is 0.118. The van der Waals surface area contributed by atoms with Crippen LogP contribution in [0.25, 0.3) is 10.9 Å². The highest BCUT2D eigenvalue weighted by atomic mass is 16.5. The van der Waals surface area contributed by atoms with Crippen LogP contribution in [-0.4, -0.2) is 24.3 Å². The maximum atomic E-state index is 9.89. The second-order valence-electron chi connectivity index (χ2n) is 4.99. The third kappa shape index (κ3) is 2.78. The lowest BCUT2D eigenvalue weighted by atomic mass is 10.1. The number of fused-ring (bicyclic) bond motifs is 1. The monoisotopic (exact) mass is 311 g/mol. The number of anilines is 3. The Bertz CT molecular complexity index is 865. The van der Waals surface area contributed by atoms with Crippen LogP contribution in [0.5, 0.6) is 17.2 Å². The third-order valence-corrected chi connectivity index (χ3v) is 3.51. The molecule has 6 heteroatoms. The Labute approximate surface area is 133 Å². The summed E-state index contributed by atoms with van der Waals surface area (Å²) in [5.41, 5.74) is 8.76. The number of pyridine rings is 1. The van der Waals surface area contributed by atoms with Gasteiger partial charge in [-0.1, -0.05) is 0 Å². The van der Waals surface area contributed by atoms with Crippen molar-refractivity contribution in [2.24, 2.45) is 0 Å². The quantitative estimate of drug-likeness (QED) is 0.641. The van der Waals surface area contributed by atoms with Gasteiger partial charge in [-0.25, -0.2) is 0 Å². The molecule has 0 aliphatic carbocycles. The molecule has 0 saturated heterocycles. The van der Waals surface area contributed by atoms with Crippen molar-refractivity contribution in [3.8, 4) is 17.2 Å². The van der Waals surface area contributed by atoms with Gasteiger partial charge in [0.05, 0.1) is 14.2 Å². The van der Waals surface area contributed by atoms with Crippen LogP contribution < -0.4 is 20.5 Å². The third-order valence-electron chi connectivity index (χ3n) is 3.51. The molecule has 0 radical (unpaired) electrons. The molecule has 1 heterocycles. The Morgan fingerprint density at radius 3 is 2.52 bits per heavy atom. The lowest BCUT2D eigenvalue weighted by molar-refractivity contribution is 0.373. The van der Waals surface area contributed by atoms with Gasteiger partial charge in [0.1, 0.15) is 11.3 Å². The summed E-state index contributed by atoms with van der Waals surface area (Å²) in [4.78, 5) is 4.35. The minimum atomic E-state index is 0.0629. The van der Waals surface area contributed by atoms with Crippen LogP contribution in [-0.2, 0) is 0 Å². The molecule has 0 aliphatic heterocycles. The van der Waals surface area contributed by atoms with Crippen LogP contribution in [0.1, 0.15) is 0 Å². The van der Waals surface area contributed by atoms with Gasteiger partial charge in [0.25, 0.3) is 0 Å². The van der Waals surface area contributed by atoms with E-state index in [1.807, 2.05) is 18.2 Å². The van der Waals surface area contributed by atoms with Gasteiger partial charge in [-0.05, 0) is 24.3 Å². The largest absolute Gasteiger partial charge is 0.504 e. The first-order valence-electron chi connectivity index (χ1n) is 6.98. The van der Waals surface area contributed by atoms with E-state index in [4.69, 9.17) is 15.2 Å². The number of phenolic OH excluding ortho intramolecular Hbond substituents is 1. The van der Waals surface area contributed by atoms with E-state index in [1.54, 1.807) is 31.5 Å². The zero-order valence-electron chi connectivity index (χ0n) is 12.8. The second kappa shape index (κ2) is 5.92. The fourth-order valence-electron chi connectivity index (χ4n) is 2.43. The van der Waals surface area contributed by atoms with Gasteiger partial charge >= 0.3 is 0 Å². The first-order valence-corrected chi connectivity index (χ1v) is 6.98. The summed E-state index contributed by atoms with van der Waals surface area (Å²) in [6.07, 6.45) is 1.69. The standard InChI is InChI=1S/C17H17N3O3/c1-22-15-4-3-11(9-14(15)21)20-13-5-6-19-17-12(13)7-10(18)8-16(17)23-2/h3-9,21H,18H2,1-2H3,(H,19,20). The Kier molecular flexibility index (Phi) is 3.80. The normalized spacial score (nSPS) is 10.5. The molecule has 0 bridgehead atoms. The second-order valence-corrected chi connectivity index (χ2v) is 4.99. The highest BCUT2D eigenvalue weighted by molar-refractivity contribution is 5.98. The number of benzene rings is 2. The number of phenols is 1. The number of rotatable bonds is 4. The summed E-state index contributed by atoms with van der Waals surface area (Å²) < 4.78 is 10.4. The van der Waals surface area contributed by atoms with E-state index in [9.17, 15) is 5.11 Å². The molecule has 0 unspecified atom stereocenters. The average molecular weight is 311 g/mol. The van der Waals surface area contributed by atoms with Crippen molar-refractivity contribution in [3.05, 3.63) is 42.6 Å². The van der Waals surface area contributed by atoms with E-state index in [0.717, 1.165) is 16.8 Å². The molecule has 0 amide bonds. The van der Waals surface area contributed by atoms with Crippen LogP contribution in [0.4, 0.5) is 17.1 Å². The Morgan fingerprint density at radius 1 is 1.04 bits per heavy atom. The number of aromatic hydroxyl groups is 1. The van der Waals surface area contributed by atoms with Crippen molar-refractivity contribution < 1.29 is 14.6 Å². The van der Waals surface area contributed by atoms with E-state index >= 15 is 0 Å². The van der Waals surface area contributed by atoms with E-state index in [-0.39, 0.29) is 5.75 Å². The minimum absolute atomic E-state index is 0.0629. The number of nitrogens with two attached hydrogens (primary N) is 1. The average Bonchev–Trinajstić information content (AvgIpc) is 2.55. The van der Waals surface area contributed by atoms with Gasteiger partial charge in [-0.2, -0.15) is 0 Å². The minimum Gasteiger partial charge on any atom is -0.504 e. The summed E-state index contributed by atoms with van der Waals surface area (Å²) in [5, 5.41) is 14.0. The lowest BCUT2D eigenvalue weighted by Crippen LogP contribution is -1.96. The number of aromatic nitrogens is 1. The van der Waals surface area contributed by atoms with Crippen LogP contribution in [0.3, 0.4) is 0 Å². The molecule has 3 aromatic rings. The van der Waals surface area contributed by atoms with E-state index < -0.39 is 0 Å². The molecule has 0 fully saturated rings. The Hall–Kier alpha value is -3.15. The first kappa shape index (κ1) is 14.8. The molecule has 0 atom stereocenters. The zero-order valence-corrected chi connectivity index (χ0v) is 12.8. The number of hydrogen-bond acceptors (Lipinski definition) is 6. The van der Waals surface area contributed by atoms with Crippen molar-refractivity contribution in [2.75, 3.05) is 25.3 Å². The zero-order chi connectivity index (χ0) is 16.4. The van der Waals surface area contributed by atoms with E-state index in [2.05, 4.69) is 10.3 Å². The maximum absolute atomic E-state index is 9.89. The highest BCUT2D eigenvalue weighted by Gasteiger charge is 2.10. The number of methoxy groups -OCH3 is 2. The summed E-state index contributed by atoms with van der Waals surface area (Å²) >= 11 is 0. The van der Waals surface area contributed by atoms with Gasteiger partial charge in [0, 0.05) is 40.8 Å². The molecule has 0 spiro atoms. The topological polar surface area (TPSA) is 89.6 Å². The fourth-order valence-corrected chi connectivity index (χ4v) is 2.43. The highest BCUT2D eigenvalue weighted by Crippen LogP contribution is 2.35. The predicted octanol–water partition coefficient (Wildman–Crippen LogP) is 3.28. The SMILES string of the molecule is COc1ccc(Nc2ccnc3c(OC)cc(N)cc23)cc1O. The van der Waals surface area contributed by atoms with Crippen LogP contribution in [0.2, 0.25) is 0 Å². The molecular weight excluding hydrogens is 294 g/mol. The molecule has 0 aliphatic rings. The Balaban J connectivity index is 2.06. The van der Waals surface area contributed by atoms with E-state index in [0.29, 0.717) is 22.7 Å². The molecule has 0 saturated carbocycles. The number of nitrogens with one attached hydrogen (secondary N) is 1. The molecule has 6 nitrogen and oxygen atoms in total. The number of nitrogens with zero attached hydrogens (tertiary/aromatic N) is 1. The van der Waals surface area contributed by atoms with Crippen LogP contribution >= 0.6 is 0 Å². The van der Waals surface area contributed by atoms with Gasteiger partial charge in [0.2, 0.25) is 0 Å². The van der Waals surface area contributed by atoms with Crippen LogP contribution in [0.15, 0.2) is 42.6 Å². The summed E-state index contributed by atoms with van der Waals surface area (Å²) in [5.74, 6) is 1.09. The van der Waals surface area contributed by atoms with Gasteiger partial charge in [-0.15, -0.1) is 0 Å². The molecule has 118 valence electrons. The Morgan fingerprint density at radius 2 is 1.83 bits per heavy atom. The molecular formula is C17H17N3O3. The first-order chi connectivity index (χ1) is 11.1. The van der Waals surface area contributed by atoms with Gasteiger partial charge in [-0.3, -0.25) is 4.98 Å². The molecule has 4 N–H and O–H groups in total. The van der Waals surface area contributed by atoms with Crippen molar-refractivity contribution >= 4 is 28.0 Å². The number of hydrogen-bond donors (Lipinski definition) is 3.